The van der Waals surface area contributed by atoms with Crippen LogP contribution >= 0.6 is 0 Å². The van der Waals surface area contributed by atoms with Crippen LogP contribution < -0.4 is 5.43 Å². The molecule has 2 amide bonds. The molecule has 3 rings (SSSR count). The summed E-state index contributed by atoms with van der Waals surface area (Å²) in [6.07, 6.45) is 2.46. The van der Waals surface area contributed by atoms with Gasteiger partial charge in [0.25, 0.3) is 5.91 Å². The number of piperidine rings is 1. The molecule has 6 heteroatoms. The molecule has 0 aliphatic carbocycles. The molecule has 1 aromatic heterocycles. The van der Waals surface area contributed by atoms with E-state index in [1.54, 1.807) is 11.8 Å². The minimum absolute atomic E-state index is 0.0565. The molecule has 6 nitrogen and oxygen atoms in total. The van der Waals surface area contributed by atoms with Crippen molar-refractivity contribution in [2.24, 2.45) is 5.41 Å². The molecule has 3 heterocycles. The molecule has 0 saturated carbocycles. The molecular formula is C18H24N2O4. The molecule has 130 valence electrons. The van der Waals surface area contributed by atoms with Crippen LogP contribution in [0.5, 0.6) is 0 Å². The summed E-state index contributed by atoms with van der Waals surface area (Å²) in [6.45, 7) is 7.42. The van der Waals surface area contributed by atoms with Gasteiger partial charge >= 0.3 is 0 Å². The second-order valence-electron chi connectivity index (χ2n) is 7.22. The zero-order valence-corrected chi connectivity index (χ0v) is 14.5. The summed E-state index contributed by atoms with van der Waals surface area (Å²) in [5.41, 5.74) is -0.710. The second kappa shape index (κ2) is 6.07. The Labute approximate surface area is 141 Å². The quantitative estimate of drug-likeness (QED) is 0.828. The Kier molecular flexibility index (Phi) is 4.24. The number of nitrogens with zero attached hydrogens (tertiary/aromatic N) is 2. The van der Waals surface area contributed by atoms with Crippen molar-refractivity contribution in [1.82, 2.24) is 9.80 Å². The van der Waals surface area contributed by atoms with Crippen LogP contribution in [0.2, 0.25) is 0 Å². The maximum atomic E-state index is 12.9. The lowest BCUT2D eigenvalue weighted by Gasteiger charge is -2.41. The molecule has 1 atom stereocenters. The van der Waals surface area contributed by atoms with Gasteiger partial charge in [0, 0.05) is 37.8 Å². The molecule has 2 aliphatic rings. The SMILES string of the molecule is Cc1cc(=O)cc(C(=O)N2CC[C@@]3(CCCN(C(C)C)C3=O)C2)o1. The molecule has 1 spiro atoms. The standard InChI is InChI=1S/C18H24N2O4/c1-12(2)20-7-4-5-18(17(20)23)6-8-19(11-18)16(22)15-10-14(21)9-13(3)24-15/h9-10,12H,4-8,11H2,1-3H3/t18-/m0/s1. The van der Waals surface area contributed by atoms with Crippen LogP contribution in [0.4, 0.5) is 0 Å². The summed E-state index contributed by atoms with van der Waals surface area (Å²) in [7, 11) is 0. The molecule has 0 unspecified atom stereocenters. The lowest BCUT2D eigenvalue weighted by molar-refractivity contribution is -0.147. The summed E-state index contributed by atoms with van der Waals surface area (Å²) in [5, 5.41) is 0. The van der Waals surface area contributed by atoms with E-state index in [0.29, 0.717) is 25.3 Å². The first-order valence-electron chi connectivity index (χ1n) is 8.54. The first-order chi connectivity index (χ1) is 11.3. The van der Waals surface area contributed by atoms with Gasteiger partial charge in [-0.2, -0.15) is 0 Å². The van der Waals surface area contributed by atoms with E-state index in [-0.39, 0.29) is 29.0 Å². The van der Waals surface area contributed by atoms with Crippen molar-refractivity contribution in [3.63, 3.8) is 0 Å². The van der Waals surface area contributed by atoms with Crippen LogP contribution in [0.1, 0.15) is 49.4 Å². The van der Waals surface area contributed by atoms with Gasteiger partial charge in [-0.25, -0.2) is 0 Å². The molecule has 0 bridgehead atoms. The van der Waals surface area contributed by atoms with E-state index in [9.17, 15) is 14.4 Å². The summed E-state index contributed by atoms with van der Waals surface area (Å²) in [4.78, 5) is 40.8. The third-order valence-corrected chi connectivity index (χ3v) is 5.13. The van der Waals surface area contributed by atoms with Gasteiger partial charge < -0.3 is 14.2 Å². The highest BCUT2D eigenvalue weighted by Gasteiger charge is 2.50. The predicted molar refractivity (Wildman–Crippen MR) is 88.8 cm³/mol. The maximum Gasteiger partial charge on any atom is 0.289 e. The van der Waals surface area contributed by atoms with E-state index in [4.69, 9.17) is 4.42 Å². The average Bonchev–Trinajstić information content (AvgIpc) is 2.93. The van der Waals surface area contributed by atoms with E-state index < -0.39 is 5.41 Å². The smallest absolute Gasteiger partial charge is 0.289 e. The van der Waals surface area contributed by atoms with Gasteiger partial charge in [-0.1, -0.05) is 0 Å². The monoisotopic (exact) mass is 332 g/mol. The third-order valence-electron chi connectivity index (χ3n) is 5.13. The lowest BCUT2D eigenvalue weighted by Crippen LogP contribution is -2.52. The Morgan fingerprint density at radius 2 is 1.96 bits per heavy atom. The zero-order chi connectivity index (χ0) is 17.5. The summed E-state index contributed by atoms with van der Waals surface area (Å²) in [6, 6.07) is 2.76. The minimum Gasteiger partial charge on any atom is -0.456 e. The topological polar surface area (TPSA) is 70.8 Å². The first kappa shape index (κ1) is 16.7. The number of carbonyl (C=O) groups excluding carboxylic acids is 2. The molecule has 0 radical (unpaired) electrons. The van der Waals surface area contributed by atoms with Gasteiger partial charge in [0.2, 0.25) is 5.91 Å². The van der Waals surface area contributed by atoms with E-state index >= 15 is 0 Å². The number of rotatable bonds is 2. The van der Waals surface area contributed by atoms with Crippen LogP contribution in [0.15, 0.2) is 21.3 Å². The van der Waals surface area contributed by atoms with Crippen molar-refractivity contribution in [3.8, 4) is 0 Å². The first-order valence-corrected chi connectivity index (χ1v) is 8.54. The van der Waals surface area contributed by atoms with Crippen LogP contribution in [-0.2, 0) is 4.79 Å². The highest BCUT2D eigenvalue weighted by molar-refractivity contribution is 5.93. The number of amides is 2. The van der Waals surface area contributed by atoms with E-state index in [1.807, 2.05) is 18.7 Å². The number of hydrogen-bond acceptors (Lipinski definition) is 4. The fraction of sp³-hybridized carbons (Fsp3) is 0.611. The Bertz CT molecular complexity index is 724. The van der Waals surface area contributed by atoms with Crippen molar-refractivity contribution < 1.29 is 14.0 Å². The molecule has 2 saturated heterocycles. The van der Waals surface area contributed by atoms with Crippen molar-refractivity contribution in [3.05, 3.63) is 33.9 Å². The van der Waals surface area contributed by atoms with Crippen LogP contribution in [0.3, 0.4) is 0 Å². The fourth-order valence-electron chi connectivity index (χ4n) is 3.88. The highest BCUT2D eigenvalue weighted by Crippen LogP contribution is 2.41. The van der Waals surface area contributed by atoms with Gasteiger partial charge in [0.1, 0.15) is 5.76 Å². The Morgan fingerprint density at radius 3 is 2.62 bits per heavy atom. The van der Waals surface area contributed by atoms with E-state index in [0.717, 1.165) is 19.4 Å². The minimum atomic E-state index is -0.470. The molecule has 2 fully saturated rings. The Balaban J connectivity index is 1.80. The number of aryl methyl sites for hydroxylation is 1. The van der Waals surface area contributed by atoms with Gasteiger partial charge in [-0.3, -0.25) is 14.4 Å². The van der Waals surface area contributed by atoms with Crippen molar-refractivity contribution in [2.75, 3.05) is 19.6 Å². The van der Waals surface area contributed by atoms with Crippen molar-refractivity contribution in [1.29, 1.82) is 0 Å². The number of carbonyl (C=O) groups is 2. The molecular weight excluding hydrogens is 308 g/mol. The van der Waals surface area contributed by atoms with E-state index in [1.165, 1.54) is 12.1 Å². The third kappa shape index (κ3) is 2.85. The molecule has 0 N–H and O–H groups in total. The number of likely N-dealkylation sites (tertiary alicyclic amines) is 2. The lowest BCUT2D eigenvalue weighted by atomic mass is 9.78. The Morgan fingerprint density at radius 1 is 1.21 bits per heavy atom. The largest absolute Gasteiger partial charge is 0.456 e. The van der Waals surface area contributed by atoms with Gasteiger partial charge in [-0.05, 0) is 40.0 Å². The Hall–Kier alpha value is -2.11. The summed E-state index contributed by atoms with van der Waals surface area (Å²) in [5.74, 6) is 0.326. The summed E-state index contributed by atoms with van der Waals surface area (Å²) >= 11 is 0. The predicted octanol–water partition coefficient (Wildman–Crippen LogP) is 1.81. The zero-order valence-electron chi connectivity index (χ0n) is 14.5. The van der Waals surface area contributed by atoms with Gasteiger partial charge in [0.05, 0.1) is 5.41 Å². The fourth-order valence-corrected chi connectivity index (χ4v) is 3.88. The van der Waals surface area contributed by atoms with Crippen molar-refractivity contribution >= 4 is 11.8 Å². The molecule has 0 aromatic carbocycles. The molecule has 2 aliphatic heterocycles. The maximum absolute atomic E-state index is 12.9. The highest BCUT2D eigenvalue weighted by atomic mass is 16.3. The average molecular weight is 332 g/mol. The van der Waals surface area contributed by atoms with Crippen LogP contribution in [0, 0.1) is 12.3 Å². The second-order valence-corrected chi connectivity index (χ2v) is 7.22. The number of hydrogen-bond donors (Lipinski definition) is 0. The van der Waals surface area contributed by atoms with Crippen LogP contribution in [0.25, 0.3) is 0 Å². The normalized spacial score (nSPS) is 24.2. The molecule has 24 heavy (non-hydrogen) atoms. The molecule has 1 aromatic rings. The van der Waals surface area contributed by atoms with E-state index in [2.05, 4.69) is 0 Å². The van der Waals surface area contributed by atoms with Crippen LogP contribution in [-0.4, -0.2) is 47.3 Å². The summed E-state index contributed by atoms with van der Waals surface area (Å²) < 4.78 is 5.41. The van der Waals surface area contributed by atoms with Gasteiger partial charge in [-0.15, -0.1) is 0 Å². The van der Waals surface area contributed by atoms with Gasteiger partial charge in [0.15, 0.2) is 11.2 Å². The van der Waals surface area contributed by atoms with Crippen molar-refractivity contribution in [2.45, 2.75) is 46.1 Å².